The maximum atomic E-state index is 11.9. The van der Waals surface area contributed by atoms with Gasteiger partial charge in [-0.05, 0) is 36.8 Å². The summed E-state index contributed by atoms with van der Waals surface area (Å²) in [7, 11) is 1.32. The Labute approximate surface area is 148 Å². The van der Waals surface area contributed by atoms with Crippen LogP contribution in [-0.2, 0) is 11.2 Å². The normalized spacial score (nSPS) is 9.92. The van der Waals surface area contributed by atoms with Gasteiger partial charge in [-0.2, -0.15) is 0 Å². The Bertz CT molecular complexity index is 746. The molecule has 0 aliphatic heterocycles. The molecule has 1 amide bonds. The molecule has 0 unspecified atom stereocenters. The number of ether oxygens (including phenoxy) is 1. The fourth-order valence-corrected chi connectivity index (χ4v) is 2.99. The molecule has 2 aromatic heterocycles. The number of anilines is 1. The van der Waals surface area contributed by atoms with Crippen LogP contribution in [0, 0.1) is 0 Å². The summed E-state index contributed by atoms with van der Waals surface area (Å²) >= 11 is 6.53. The lowest BCUT2D eigenvalue weighted by Crippen LogP contribution is -2.44. The maximum Gasteiger partial charge on any atom is 0.340 e. The van der Waals surface area contributed by atoms with E-state index in [2.05, 4.69) is 21.2 Å². The van der Waals surface area contributed by atoms with Crippen molar-refractivity contribution in [3.8, 4) is 0 Å². The molecule has 0 aromatic carbocycles. The molecule has 0 saturated heterocycles. The highest BCUT2D eigenvalue weighted by Crippen LogP contribution is 2.29. The molecule has 0 spiro atoms. The fourth-order valence-electron chi connectivity index (χ4n) is 1.78. The third-order valence-electron chi connectivity index (χ3n) is 2.95. The van der Waals surface area contributed by atoms with Gasteiger partial charge in [0, 0.05) is 11.1 Å². The Morgan fingerprint density at radius 3 is 2.75 bits per heavy atom. The molecule has 2 aromatic rings. The number of rotatable bonds is 4. The Kier molecular flexibility index (Phi) is 6.21. The van der Waals surface area contributed by atoms with E-state index >= 15 is 0 Å². The molecule has 0 bridgehead atoms. The second-order valence-corrected chi connectivity index (χ2v) is 6.09. The lowest BCUT2D eigenvalue weighted by Gasteiger charge is -2.11. The Morgan fingerprint density at radius 1 is 1.33 bits per heavy atom. The number of carbonyl (C=O) groups excluding carboxylic acids is 2. The minimum atomic E-state index is -0.450. The second kappa shape index (κ2) is 8.37. The number of thiophene rings is 1. The van der Waals surface area contributed by atoms with Crippen LogP contribution >= 0.6 is 23.6 Å². The highest BCUT2D eigenvalue weighted by molar-refractivity contribution is 7.80. The first-order valence-electron chi connectivity index (χ1n) is 7.04. The summed E-state index contributed by atoms with van der Waals surface area (Å²) in [5, 5.41) is 3.60. The molecule has 0 aliphatic carbocycles. The molecular formula is C15H16N4O3S2. The first-order valence-corrected chi connectivity index (χ1v) is 8.27. The monoisotopic (exact) mass is 364 g/mol. The van der Waals surface area contributed by atoms with E-state index < -0.39 is 11.9 Å². The molecule has 3 N–H and O–H groups in total. The van der Waals surface area contributed by atoms with Gasteiger partial charge >= 0.3 is 5.97 Å². The van der Waals surface area contributed by atoms with Gasteiger partial charge in [-0.1, -0.05) is 13.0 Å². The molecule has 2 heterocycles. The smallest absolute Gasteiger partial charge is 0.340 e. The summed E-state index contributed by atoms with van der Waals surface area (Å²) in [6, 6.07) is 6.76. The summed E-state index contributed by atoms with van der Waals surface area (Å²) in [6.07, 6.45) is 2.30. The minimum Gasteiger partial charge on any atom is -0.465 e. The first kappa shape index (κ1) is 17.8. The highest BCUT2D eigenvalue weighted by atomic mass is 32.1. The number of hydrogen-bond donors (Lipinski definition) is 3. The molecule has 0 saturated carbocycles. The van der Waals surface area contributed by atoms with Gasteiger partial charge < -0.3 is 10.1 Å². The quantitative estimate of drug-likeness (QED) is 0.435. The van der Waals surface area contributed by atoms with Gasteiger partial charge in [-0.15, -0.1) is 11.3 Å². The number of pyridine rings is 1. The van der Waals surface area contributed by atoms with Crippen LogP contribution in [0.5, 0.6) is 0 Å². The summed E-state index contributed by atoms with van der Waals surface area (Å²) in [5.41, 5.74) is 5.67. The Hall–Kier alpha value is -2.52. The largest absolute Gasteiger partial charge is 0.465 e. The van der Waals surface area contributed by atoms with E-state index in [4.69, 9.17) is 17.0 Å². The number of hydrazine groups is 1. The zero-order valence-corrected chi connectivity index (χ0v) is 14.7. The summed E-state index contributed by atoms with van der Waals surface area (Å²) < 4.78 is 4.76. The molecule has 0 aliphatic rings. The van der Waals surface area contributed by atoms with E-state index in [1.165, 1.54) is 24.6 Å². The zero-order valence-electron chi connectivity index (χ0n) is 13.1. The van der Waals surface area contributed by atoms with Gasteiger partial charge in [0.15, 0.2) is 5.11 Å². The lowest BCUT2D eigenvalue weighted by atomic mass is 10.2. The van der Waals surface area contributed by atoms with Crippen molar-refractivity contribution in [3.05, 3.63) is 46.6 Å². The van der Waals surface area contributed by atoms with E-state index in [0.717, 1.165) is 11.3 Å². The summed E-state index contributed by atoms with van der Waals surface area (Å²) in [5.74, 6) is -0.873. The molecular weight excluding hydrogens is 348 g/mol. The molecule has 126 valence electrons. The summed E-state index contributed by atoms with van der Waals surface area (Å²) in [6.45, 7) is 1.99. The van der Waals surface area contributed by atoms with Crippen LogP contribution in [-0.4, -0.2) is 29.1 Å². The number of aromatic nitrogens is 1. The Balaban J connectivity index is 1.98. The Morgan fingerprint density at radius 2 is 2.12 bits per heavy atom. The standard InChI is InChI=1S/C15H16N4O3S2/c1-3-9-8-10(14(21)22-2)13(24-9)17-15(23)19-18-12(20)11-6-4-5-7-16-11/h4-8H,3H2,1-2H3,(H,18,20)(H2,17,19,23). The van der Waals surface area contributed by atoms with Crippen LogP contribution in [0.15, 0.2) is 30.5 Å². The van der Waals surface area contributed by atoms with E-state index in [-0.39, 0.29) is 10.8 Å². The van der Waals surface area contributed by atoms with Crippen LogP contribution < -0.4 is 16.2 Å². The average Bonchev–Trinajstić information content (AvgIpc) is 3.02. The van der Waals surface area contributed by atoms with Crippen molar-refractivity contribution in [2.24, 2.45) is 0 Å². The molecule has 9 heteroatoms. The SMILES string of the molecule is CCc1cc(C(=O)OC)c(NC(=S)NNC(=O)c2ccccn2)s1. The minimum absolute atomic E-state index is 0.147. The number of nitrogens with zero attached hydrogens (tertiary/aromatic N) is 1. The molecule has 7 nitrogen and oxygen atoms in total. The van der Waals surface area contributed by atoms with E-state index in [1.54, 1.807) is 24.3 Å². The lowest BCUT2D eigenvalue weighted by molar-refractivity contribution is 0.0602. The zero-order chi connectivity index (χ0) is 17.5. The number of amides is 1. The molecule has 2 rings (SSSR count). The van der Waals surface area contributed by atoms with Crippen LogP contribution in [0.3, 0.4) is 0 Å². The number of methoxy groups -OCH3 is 1. The maximum absolute atomic E-state index is 11.9. The predicted octanol–water partition coefficient (Wildman–Crippen LogP) is 2.12. The van der Waals surface area contributed by atoms with Gasteiger partial charge in [0.1, 0.15) is 10.7 Å². The van der Waals surface area contributed by atoms with Crippen molar-refractivity contribution < 1.29 is 14.3 Å². The van der Waals surface area contributed by atoms with Crippen molar-refractivity contribution >= 4 is 45.5 Å². The van der Waals surface area contributed by atoms with Gasteiger partial charge in [0.05, 0.1) is 12.7 Å². The number of esters is 1. The van der Waals surface area contributed by atoms with Gasteiger partial charge in [-0.25, -0.2) is 4.79 Å². The van der Waals surface area contributed by atoms with Gasteiger partial charge in [-0.3, -0.25) is 20.6 Å². The van der Waals surface area contributed by atoms with Crippen molar-refractivity contribution in [2.45, 2.75) is 13.3 Å². The number of aryl methyl sites for hydroxylation is 1. The number of hydrogen-bond acceptors (Lipinski definition) is 6. The van der Waals surface area contributed by atoms with Crippen molar-refractivity contribution in [2.75, 3.05) is 12.4 Å². The van der Waals surface area contributed by atoms with Gasteiger partial charge in [0.2, 0.25) is 0 Å². The van der Waals surface area contributed by atoms with Crippen molar-refractivity contribution in [1.29, 1.82) is 0 Å². The van der Waals surface area contributed by atoms with E-state index in [1.807, 2.05) is 6.92 Å². The summed E-state index contributed by atoms with van der Waals surface area (Å²) in [4.78, 5) is 28.6. The van der Waals surface area contributed by atoms with Crippen LogP contribution in [0.25, 0.3) is 0 Å². The number of nitrogens with one attached hydrogen (secondary N) is 3. The van der Waals surface area contributed by atoms with E-state index in [0.29, 0.717) is 10.6 Å². The first-order chi connectivity index (χ1) is 11.5. The average molecular weight is 364 g/mol. The fraction of sp³-hybridized carbons (Fsp3) is 0.200. The van der Waals surface area contributed by atoms with Gasteiger partial charge in [0.25, 0.3) is 5.91 Å². The predicted molar refractivity (Wildman–Crippen MR) is 96.1 cm³/mol. The molecule has 0 fully saturated rings. The van der Waals surface area contributed by atoms with Crippen LogP contribution in [0.4, 0.5) is 5.00 Å². The number of carbonyl (C=O) groups is 2. The third kappa shape index (κ3) is 4.49. The molecule has 24 heavy (non-hydrogen) atoms. The van der Waals surface area contributed by atoms with Crippen molar-refractivity contribution in [3.63, 3.8) is 0 Å². The topological polar surface area (TPSA) is 92.4 Å². The molecule has 0 radical (unpaired) electrons. The van der Waals surface area contributed by atoms with Crippen molar-refractivity contribution in [1.82, 2.24) is 15.8 Å². The molecule has 0 atom stereocenters. The van der Waals surface area contributed by atoms with Crippen LogP contribution in [0.2, 0.25) is 0 Å². The highest BCUT2D eigenvalue weighted by Gasteiger charge is 2.17. The van der Waals surface area contributed by atoms with E-state index in [9.17, 15) is 9.59 Å². The number of thiocarbonyl (C=S) groups is 1. The third-order valence-corrected chi connectivity index (χ3v) is 4.35. The van der Waals surface area contributed by atoms with Crippen LogP contribution in [0.1, 0.15) is 32.6 Å². The second-order valence-electron chi connectivity index (χ2n) is 4.55.